The number of aromatic nitrogens is 1. The van der Waals surface area contributed by atoms with Crippen LogP contribution in [-0.4, -0.2) is 38.3 Å². The van der Waals surface area contributed by atoms with Crippen molar-refractivity contribution in [3.8, 4) is 0 Å². The molecule has 0 atom stereocenters. The molecule has 2 N–H and O–H groups in total. The maximum absolute atomic E-state index is 11.6. The Morgan fingerprint density at radius 1 is 1.32 bits per heavy atom. The highest BCUT2D eigenvalue weighted by Gasteiger charge is 2.12. The summed E-state index contributed by atoms with van der Waals surface area (Å²) in [5, 5.41) is 3.19. The summed E-state index contributed by atoms with van der Waals surface area (Å²) in [6.45, 7) is 5.18. The fourth-order valence-corrected chi connectivity index (χ4v) is 1.89. The van der Waals surface area contributed by atoms with Crippen molar-refractivity contribution in [2.75, 3.05) is 30.7 Å². The van der Waals surface area contributed by atoms with Crippen LogP contribution in [0.3, 0.4) is 0 Å². The van der Waals surface area contributed by atoms with Crippen LogP contribution in [0.5, 0.6) is 0 Å². The Hall–Kier alpha value is -1.34. The predicted octanol–water partition coefficient (Wildman–Crippen LogP) is 1.76. The summed E-state index contributed by atoms with van der Waals surface area (Å²) in [4.78, 5) is 4.16. The van der Waals surface area contributed by atoms with Crippen LogP contribution < -0.4 is 10.0 Å². The Labute approximate surface area is 115 Å². The van der Waals surface area contributed by atoms with Gasteiger partial charge in [0.05, 0.1) is 11.9 Å². The number of nitrogens with zero attached hydrogens (tertiary/aromatic N) is 2. The highest BCUT2D eigenvalue weighted by atomic mass is 32.2. The van der Waals surface area contributed by atoms with Gasteiger partial charge in [0.25, 0.3) is 0 Å². The Balaban J connectivity index is 2.57. The Morgan fingerprint density at radius 3 is 2.47 bits per heavy atom. The largest absolute Gasteiger partial charge is 0.370 e. The maximum atomic E-state index is 11.6. The average molecular weight is 286 g/mol. The first-order chi connectivity index (χ1) is 8.81. The van der Waals surface area contributed by atoms with Crippen LogP contribution in [0, 0.1) is 5.92 Å². The van der Waals surface area contributed by atoms with Crippen molar-refractivity contribution < 1.29 is 8.42 Å². The maximum Gasteiger partial charge on any atom is 0.301 e. The van der Waals surface area contributed by atoms with E-state index in [0.29, 0.717) is 11.6 Å². The van der Waals surface area contributed by atoms with Crippen LogP contribution in [0.25, 0.3) is 0 Å². The molecule has 0 radical (unpaired) electrons. The molecule has 1 aromatic rings. The van der Waals surface area contributed by atoms with Gasteiger partial charge >= 0.3 is 10.2 Å². The molecule has 0 aliphatic carbocycles. The third-order valence-corrected chi connectivity index (χ3v) is 3.97. The standard InChI is InChI=1S/C12H22N4O2S/c1-10(2)7-8-13-12-6-5-11(9-14-12)15-19(17,18)16(3)4/h5-6,9-10,15H,7-8H2,1-4H3,(H,13,14). The lowest BCUT2D eigenvalue weighted by Crippen LogP contribution is -2.28. The third kappa shape index (κ3) is 5.44. The van der Waals surface area contributed by atoms with Crippen LogP contribution >= 0.6 is 0 Å². The summed E-state index contributed by atoms with van der Waals surface area (Å²) in [6, 6.07) is 3.44. The summed E-state index contributed by atoms with van der Waals surface area (Å²) in [5.74, 6) is 1.38. The molecule has 19 heavy (non-hydrogen) atoms. The molecule has 0 aromatic carbocycles. The van der Waals surface area contributed by atoms with Crippen molar-refractivity contribution in [1.82, 2.24) is 9.29 Å². The van der Waals surface area contributed by atoms with Gasteiger partial charge in [-0.25, -0.2) is 4.98 Å². The van der Waals surface area contributed by atoms with E-state index in [2.05, 4.69) is 28.9 Å². The number of hydrogen-bond acceptors (Lipinski definition) is 4. The van der Waals surface area contributed by atoms with Gasteiger partial charge in [-0.1, -0.05) is 13.8 Å². The van der Waals surface area contributed by atoms with Crippen LogP contribution in [0.4, 0.5) is 11.5 Å². The topological polar surface area (TPSA) is 74.3 Å². The number of nitrogens with one attached hydrogen (secondary N) is 2. The lowest BCUT2D eigenvalue weighted by molar-refractivity contribution is 0.527. The first-order valence-electron chi connectivity index (χ1n) is 6.21. The van der Waals surface area contributed by atoms with Crippen LogP contribution in [0.15, 0.2) is 18.3 Å². The first-order valence-corrected chi connectivity index (χ1v) is 7.65. The molecular weight excluding hydrogens is 264 g/mol. The molecule has 0 amide bonds. The molecule has 0 saturated carbocycles. The first kappa shape index (κ1) is 15.7. The highest BCUT2D eigenvalue weighted by Crippen LogP contribution is 2.12. The monoisotopic (exact) mass is 286 g/mol. The molecule has 0 aliphatic heterocycles. The molecule has 1 rings (SSSR count). The summed E-state index contributed by atoms with van der Waals surface area (Å²) < 4.78 is 26.7. The van der Waals surface area contributed by atoms with Gasteiger partial charge in [-0.3, -0.25) is 4.72 Å². The SMILES string of the molecule is CC(C)CCNc1ccc(NS(=O)(=O)N(C)C)cn1. The second-order valence-corrected chi connectivity index (χ2v) is 6.82. The van der Waals surface area contributed by atoms with Gasteiger partial charge in [-0.05, 0) is 24.5 Å². The van der Waals surface area contributed by atoms with Crippen molar-refractivity contribution in [3.05, 3.63) is 18.3 Å². The van der Waals surface area contributed by atoms with E-state index in [0.717, 1.165) is 23.1 Å². The van der Waals surface area contributed by atoms with Gasteiger partial charge in [0.2, 0.25) is 0 Å². The third-order valence-electron chi connectivity index (χ3n) is 2.52. The normalized spacial score (nSPS) is 11.9. The van der Waals surface area contributed by atoms with E-state index in [1.165, 1.54) is 20.3 Å². The molecule has 1 heterocycles. The molecule has 108 valence electrons. The van der Waals surface area contributed by atoms with Crippen LogP contribution in [0.2, 0.25) is 0 Å². The molecular formula is C12H22N4O2S. The molecule has 1 aromatic heterocycles. The number of rotatable bonds is 7. The van der Waals surface area contributed by atoms with Crippen molar-refractivity contribution in [3.63, 3.8) is 0 Å². The molecule has 0 bridgehead atoms. The molecule has 0 fully saturated rings. The molecule has 0 unspecified atom stereocenters. The second kappa shape index (κ2) is 6.72. The average Bonchev–Trinajstić information content (AvgIpc) is 2.30. The minimum atomic E-state index is -3.47. The smallest absolute Gasteiger partial charge is 0.301 e. The Morgan fingerprint density at radius 2 is 2.00 bits per heavy atom. The van der Waals surface area contributed by atoms with Crippen LogP contribution in [0.1, 0.15) is 20.3 Å². The minimum Gasteiger partial charge on any atom is -0.370 e. The van der Waals surface area contributed by atoms with Crippen molar-refractivity contribution in [2.45, 2.75) is 20.3 Å². The predicted molar refractivity (Wildman–Crippen MR) is 78.4 cm³/mol. The zero-order valence-corrected chi connectivity index (χ0v) is 12.7. The summed E-state index contributed by atoms with van der Waals surface area (Å²) in [7, 11) is -0.530. The number of hydrogen-bond donors (Lipinski definition) is 2. The number of pyridine rings is 1. The second-order valence-electron chi connectivity index (χ2n) is 4.93. The molecule has 0 aliphatic rings. The highest BCUT2D eigenvalue weighted by molar-refractivity contribution is 7.90. The minimum absolute atomic E-state index is 0.447. The van der Waals surface area contributed by atoms with E-state index in [1.807, 2.05) is 0 Å². The van der Waals surface area contributed by atoms with E-state index < -0.39 is 10.2 Å². The van der Waals surface area contributed by atoms with E-state index in [9.17, 15) is 8.42 Å². The van der Waals surface area contributed by atoms with Gasteiger partial charge < -0.3 is 5.32 Å². The van der Waals surface area contributed by atoms with E-state index in [4.69, 9.17) is 0 Å². The van der Waals surface area contributed by atoms with E-state index in [-0.39, 0.29) is 0 Å². The van der Waals surface area contributed by atoms with Crippen LogP contribution in [-0.2, 0) is 10.2 Å². The summed E-state index contributed by atoms with van der Waals surface area (Å²) >= 11 is 0. The van der Waals surface area contributed by atoms with E-state index in [1.54, 1.807) is 12.1 Å². The van der Waals surface area contributed by atoms with E-state index >= 15 is 0 Å². The van der Waals surface area contributed by atoms with Gasteiger partial charge in [0.15, 0.2) is 0 Å². The fraction of sp³-hybridized carbons (Fsp3) is 0.583. The van der Waals surface area contributed by atoms with Gasteiger partial charge in [0.1, 0.15) is 5.82 Å². The van der Waals surface area contributed by atoms with Gasteiger partial charge in [-0.2, -0.15) is 12.7 Å². The molecule has 0 spiro atoms. The molecule has 0 saturated heterocycles. The van der Waals surface area contributed by atoms with Crippen molar-refractivity contribution in [1.29, 1.82) is 0 Å². The van der Waals surface area contributed by atoms with Gasteiger partial charge in [0, 0.05) is 20.6 Å². The Bertz CT molecular complexity index is 483. The zero-order chi connectivity index (χ0) is 14.5. The van der Waals surface area contributed by atoms with Gasteiger partial charge in [-0.15, -0.1) is 0 Å². The zero-order valence-electron chi connectivity index (χ0n) is 11.8. The fourth-order valence-electron chi connectivity index (χ4n) is 1.29. The van der Waals surface area contributed by atoms with Crippen molar-refractivity contribution in [2.24, 2.45) is 5.92 Å². The molecule has 7 heteroatoms. The molecule has 6 nitrogen and oxygen atoms in total. The van der Waals surface area contributed by atoms with Crippen molar-refractivity contribution >= 4 is 21.7 Å². The summed E-state index contributed by atoms with van der Waals surface area (Å²) in [5.41, 5.74) is 0.447. The Kier molecular flexibility index (Phi) is 5.56. The number of anilines is 2. The lowest BCUT2D eigenvalue weighted by atomic mass is 10.1. The lowest BCUT2D eigenvalue weighted by Gasteiger charge is -2.13. The summed E-state index contributed by atoms with van der Waals surface area (Å²) in [6.07, 6.45) is 2.56. The quantitative estimate of drug-likeness (QED) is 0.801.